The van der Waals surface area contributed by atoms with Crippen molar-refractivity contribution in [1.29, 1.82) is 10.5 Å². The third kappa shape index (κ3) is 5.07. The number of ether oxygens (including phenoxy) is 1. The van der Waals surface area contributed by atoms with E-state index in [1.54, 1.807) is 13.8 Å². The summed E-state index contributed by atoms with van der Waals surface area (Å²) in [4.78, 5) is 30.1. The Morgan fingerprint density at radius 3 is 2.84 bits per heavy atom. The molecule has 31 heavy (non-hydrogen) atoms. The first-order chi connectivity index (χ1) is 14.9. The minimum atomic E-state index is -0.529. The summed E-state index contributed by atoms with van der Waals surface area (Å²) in [7, 11) is 0. The molecule has 1 aliphatic rings. The molecule has 160 valence electrons. The number of rotatable bonds is 6. The Labute approximate surface area is 189 Å². The van der Waals surface area contributed by atoms with E-state index >= 15 is 0 Å². The molecular weight excluding hydrogens is 432 g/mol. The van der Waals surface area contributed by atoms with Gasteiger partial charge in [-0.3, -0.25) is 4.79 Å². The Bertz CT molecular complexity index is 1110. The Morgan fingerprint density at radius 2 is 2.16 bits per heavy atom. The Morgan fingerprint density at radius 1 is 1.39 bits per heavy atom. The summed E-state index contributed by atoms with van der Waals surface area (Å²) in [5, 5.41) is 22.8. The number of carbonyl (C=O) groups is 2. The van der Waals surface area contributed by atoms with Gasteiger partial charge in [0.05, 0.1) is 34.7 Å². The lowest BCUT2D eigenvalue weighted by molar-refractivity contribution is -0.113. The molecule has 0 saturated carbocycles. The van der Waals surface area contributed by atoms with Gasteiger partial charge < -0.3 is 10.1 Å². The molecule has 1 amide bonds. The molecule has 2 heterocycles. The van der Waals surface area contributed by atoms with Gasteiger partial charge >= 0.3 is 5.97 Å². The number of nitriles is 2. The number of amides is 1. The summed E-state index contributed by atoms with van der Waals surface area (Å²) in [5.41, 5.74) is 2.52. The van der Waals surface area contributed by atoms with Crippen molar-refractivity contribution >= 4 is 40.0 Å². The average molecular weight is 455 g/mol. The molecule has 2 aromatic rings. The van der Waals surface area contributed by atoms with E-state index in [0.29, 0.717) is 27.2 Å². The number of carbonyl (C=O) groups excluding carboxylic acids is 2. The first-order valence-electron chi connectivity index (χ1n) is 9.94. The number of aryl methyl sites for hydroxylation is 1. The molecular formula is C22H22N4O3S2. The topological polar surface area (TPSA) is 116 Å². The van der Waals surface area contributed by atoms with Crippen LogP contribution in [0.25, 0.3) is 0 Å². The molecule has 1 unspecified atom stereocenters. The van der Waals surface area contributed by atoms with E-state index in [1.807, 2.05) is 6.07 Å². The van der Waals surface area contributed by atoms with Crippen LogP contribution in [-0.4, -0.2) is 29.2 Å². The third-order valence-electron chi connectivity index (χ3n) is 5.01. The van der Waals surface area contributed by atoms with Crippen LogP contribution in [0.2, 0.25) is 0 Å². The van der Waals surface area contributed by atoms with Crippen molar-refractivity contribution in [1.82, 2.24) is 4.98 Å². The van der Waals surface area contributed by atoms with E-state index in [0.717, 1.165) is 36.6 Å². The number of thiophene rings is 1. The highest BCUT2D eigenvalue weighted by atomic mass is 32.2. The van der Waals surface area contributed by atoms with Crippen molar-refractivity contribution in [2.75, 3.05) is 17.7 Å². The van der Waals surface area contributed by atoms with Gasteiger partial charge in [-0.15, -0.1) is 11.3 Å². The van der Waals surface area contributed by atoms with Crippen LogP contribution in [0.15, 0.2) is 11.1 Å². The van der Waals surface area contributed by atoms with Crippen LogP contribution in [0, 0.1) is 35.5 Å². The summed E-state index contributed by atoms with van der Waals surface area (Å²) in [6.45, 7) is 5.79. The van der Waals surface area contributed by atoms with E-state index in [2.05, 4.69) is 23.3 Å². The number of fused-ring (bicyclic) bond motifs is 1. The maximum atomic E-state index is 12.6. The van der Waals surface area contributed by atoms with Gasteiger partial charge in [0, 0.05) is 4.88 Å². The number of esters is 1. The fraction of sp³-hybridized carbons (Fsp3) is 0.409. The first-order valence-corrected chi connectivity index (χ1v) is 11.7. The number of hydrogen-bond donors (Lipinski definition) is 1. The molecule has 1 atom stereocenters. The SMILES string of the molecule is CCOC(=O)c1cc(C#N)c(SCC(=O)Nc2sc3c(c2C#N)CCC(C)C3)nc1C. The minimum Gasteiger partial charge on any atom is -0.462 e. The van der Waals surface area contributed by atoms with Crippen LogP contribution in [-0.2, 0) is 22.4 Å². The zero-order chi connectivity index (χ0) is 22.5. The van der Waals surface area contributed by atoms with Crippen LogP contribution >= 0.6 is 23.1 Å². The molecule has 0 saturated heterocycles. The Hall–Kier alpha value is -2.88. The lowest BCUT2D eigenvalue weighted by Crippen LogP contribution is -2.15. The summed E-state index contributed by atoms with van der Waals surface area (Å²) in [5.74, 6) is -0.193. The van der Waals surface area contributed by atoms with E-state index < -0.39 is 5.97 Å². The normalized spacial score (nSPS) is 14.8. The van der Waals surface area contributed by atoms with E-state index in [4.69, 9.17) is 4.74 Å². The van der Waals surface area contributed by atoms with Crippen LogP contribution in [0.5, 0.6) is 0 Å². The lowest BCUT2D eigenvalue weighted by Gasteiger charge is -2.17. The molecule has 0 aromatic carbocycles. The Kier molecular flexibility index (Phi) is 7.32. The van der Waals surface area contributed by atoms with Crippen molar-refractivity contribution in [2.45, 2.75) is 45.1 Å². The van der Waals surface area contributed by atoms with Crippen molar-refractivity contribution in [3.8, 4) is 12.1 Å². The largest absolute Gasteiger partial charge is 0.462 e. The monoisotopic (exact) mass is 454 g/mol. The Balaban J connectivity index is 1.72. The number of aromatic nitrogens is 1. The number of pyridine rings is 1. The fourth-order valence-electron chi connectivity index (χ4n) is 3.44. The van der Waals surface area contributed by atoms with Gasteiger partial charge in [0.25, 0.3) is 0 Å². The van der Waals surface area contributed by atoms with Gasteiger partial charge in [0.2, 0.25) is 5.91 Å². The lowest BCUT2D eigenvalue weighted by atomic mass is 9.89. The second-order valence-electron chi connectivity index (χ2n) is 7.31. The zero-order valence-corrected chi connectivity index (χ0v) is 19.2. The second-order valence-corrected chi connectivity index (χ2v) is 9.38. The fourth-order valence-corrected chi connectivity index (χ4v) is 5.62. The highest BCUT2D eigenvalue weighted by Gasteiger charge is 2.25. The van der Waals surface area contributed by atoms with E-state index in [1.165, 1.54) is 22.3 Å². The van der Waals surface area contributed by atoms with E-state index in [-0.39, 0.29) is 29.4 Å². The summed E-state index contributed by atoms with van der Waals surface area (Å²) in [6.07, 6.45) is 2.84. The molecule has 0 spiro atoms. The molecule has 0 fully saturated rings. The zero-order valence-electron chi connectivity index (χ0n) is 17.6. The number of anilines is 1. The highest BCUT2D eigenvalue weighted by Crippen LogP contribution is 2.39. The summed E-state index contributed by atoms with van der Waals surface area (Å²) in [6, 6.07) is 5.71. The predicted molar refractivity (Wildman–Crippen MR) is 119 cm³/mol. The molecule has 1 N–H and O–H groups in total. The summed E-state index contributed by atoms with van der Waals surface area (Å²) >= 11 is 2.60. The smallest absolute Gasteiger partial charge is 0.340 e. The molecule has 3 rings (SSSR count). The van der Waals surface area contributed by atoms with Gasteiger partial charge in [0.15, 0.2) is 0 Å². The van der Waals surface area contributed by atoms with Gasteiger partial charge in [-0.05, 0) is 50.7 Å². The van der Waals surface area contributed by atoms with Crippen LogP contribution in [0.3, 0.4) is 0 Å². The number of nitrogens with zero attached hydrogens (tertiary/aromatic N) is 3. The van der Waals surface area contributed by atoms with Gasteiger partial charge in [0.1, 0.15) is 22.2 Å². The molecule has 2 aromatic heterocycles. The van der Waals surface area contributed by atoms with E-state index in [9.17, 15) is 20.1 Å². The van der Waals surface area contributed by atoms with Crippen LogP contribution in [0.4, 0.5) is 5.00 Å². The van der Waals surface area contributed by atoms with Gasteiger partial charge in [-0.1, -0.05) is 18.7 Å². The van der Waals surface area contributed by atoms with Crippen molar-refractivity contribution < 1.29 is 14.3 Å². The molecule has 1 aliphatic carbocycles. The maximum Gasteiger partial charge on any atom is 0.340 e. The van der Waals surface area contributed by atoms with Crippen molar-refractivity contribution in [3.63, 3.8) is 0 Å². The highest BCUT2D eigenvalue weighted by molar-refractivity contribution is 8.00. The predicted octanol–water partition coefficient (Wildman–Crippen LogP) is 4.23. The van der Waals surface area contributed by atoms with Crippen molar-refractivity contribution in [2.24, 2.45) is 5.92 Å². The number of thioether (sulfide) groups is 1. The molecule has 7 nitrogen and oxygen atoms in total. The standard InChI is InChI=1S/C22H22N4O3S2/c1-4-29-22(28)16-8-14(9-23)20(25-13(16)3)30-11-19(27)26-21-17(10-24)15-6-5-12(2)7-18(15)31-21/h8,12H,4-7,11H2,1-3H3,(H,26,27). The van der Waals surface area contributed by atoms with Gasteiger partial charge in [-0.25, -0.2) is 9.78 Å². The average Bonchev–Trinajstić information content (AvgIpc) is 3.08. The molecule has 9 heteroatoms. The van der Waals surface area contributed by atoms with Crippen molar-refractivity contribution in [3.05, 3.63) is 38.9 Å². The molecule has 0 aliphatic heterocycles. The minimum absolute atomic E-state index is 0.0315. The number of hydrogen-bond acceptors (Lipinski definition) is 8. The maximum absolute atomic E-state index is 12.6. The summed E-state index contributed by atoms with van der Waals surface area (Å²) < 4.78 is 4.99. The van der Waals surface area contributed by atoms with Gasteiger partial charge in [-0.2, -0.15) is 10.5 Å². The number of nitrogens with one attached hydrogen (secondary N) is 1. The van der Waals surface area contributed by atoms with Crippen LogP contribution < -0.4 is 5.32 Å². The molecule has 0 radical (unpaired) electrons. The molecule has 0 bridgehead atoms. The first kappa shape index (κ1) is 22.8. The second kappa shape index (κ2) is 9.95. The van der Waals surface area contributed by atoms with Crippen LogP contribution in [0.1, 0.15) is 57.9 Å². The third-order valence-corrected chi connectivity index (χ3v) is 7.17. The quantitative estimate of drug-likeness (QED) is 0.513.